The van der Waals surface area contributed by atoms with Crippen LogP contribution in [0.25, 0.3) is 0 Å². The summed E-state index contributed by atoms with van der Waals surface area (Å²) in [4.78, 5) is 26.5. The van der Waals surface area contributed by atoms with Gasteiger partial charge in [-0.1, -0.05) is 49.6 Å². The van der Waals surface area contributed by atoms with E-state index in [0.717, 1.165) is 12.0 Å². The maximum atomic E-state index is 13.5. The highest BCUT2D eigenvalue weighted by Crippen LogP contribution is 2.60. The normalized spacial score (nSPS) is 37.1. The monoisotopic (exact) mass is 474 g/mol. The van der Waals surface area contributed by atoms with Gasteiger partial charge in [-0.25, -0.2) is 0 Å². The van der Waals surface area contributed by atoms with Crippen LogP contribution in [-0.4, -0.2) is 36.4 Å². The summed E-state index contributed by atoms with van der Waals surface area (Å²) in [5.41, 5.74) is 0.933. The Morgan fingerprint density at radius 2 is 2.09 bits per heavy atom. The summed E-state index contributed by atoms with van der Waals surface area (Å²) in [6.45, 7) is 9.79. The van der Waals surface area contributed by atoms with Gasteiger partial charge >= 0.3 is 5.97 Å². The van der Waals surface area contributed by atoms with Crippen molar-refractivity contribution in [3.8, 4) is 0 Å². The molecule has 1 aliphatic carbocycles. The topological polar surface area (TPSA) is 71.1 Å². The lowest BCUT2D eigenvalue weighted by Crippen LogP contribution is -2.51. The van der Waals surface area contributed by atoms with Crippen LogP contribution in [-0.2, 0) is 28.5 Å². The molecule has 0 aromatic rings. The lowest BCUT2D eigenvalue weighted by Gasteiger charge is -2.39. The molecule has 0 amide bonds. The van der Waals surface area contributed by atoms with E-state index in [4.69, 9.17) is 30.5 Å². The minimum Gasteiger partial charge on any atom is -0.465 e. The molecule has 0 unspecified atom stereocenters. The summed E-state index contributed by atoms with van der Waals surface area (Å²) in [7, 11) is 1.49. The number of Topliss-reactive ketones (excluding diaryl/α,β-unsaturated/α-hetero) is 1. The SMILES string of the molecule is CC[C@H](C)/C=C(C)/C=C/C1=CC2=C(Cl)C(=O)[C@]3(C)O[C@@]4(OC)C[C@@H](C)OC(=O)[C@H]4[C@@H]3C2=CO1. The predicted octanol–water partition coefficient (Wildman–Crippen LogP) is 5.11. The van der Waals surface area contributed by atoms with Gasteiger partial charge in [0.15, 0.2) is 5.79 Å². The highest BCUT2D eigenvalue weighted by atomic mass is 35.5. The van der Waals surface area contributed by atoms with Gasteiger partial charge in [0, 0.05) is 30.6 Å². The lowest BCUT2D eigenvalue weighted by molar-refractivity contribution is -0.273. The molecule has 178 valence electrons. The Balaban J connectivity index is 1.72. The molecule has 0 bridgehead atoms. The molecule has 6 atom stereocenters. The summed E-state index contributed by atoms with van der Waals surface area (Å²) in [6.07, 6.45) is 10.3. The van der Waals surface area contributed by atoms with E-state index in [2.05, 4.69) is 19.9 Å². The Morgan fingerprint density at radius 1 is 1.36 bits per heavy atom. The summed E-state index contributed by atoms with van der Waals surface area (Å²) in [5.74, 6) is -2.51. The van der Waals surface area contributed by atoms with Crippen molar-refractivity contribution < 1.29 is 28.5 Å². The van der Waals surface area contributed by atoms with Gasteiger partial charge in [0.1, 0.15) is 23.4 Å². The zero-order valence-corrected chi connectivity index (χ0v) is 20.7. The van der Waals surface area contributed by atoms with Crippen molar-refractivity contribution in [1.29, 1.82) is 0 Å². The van der Waals surface area contributed by atoms with Gasteiger partial charge in [0.2, 0.25) is 5.78 Å². The van der Waals surface area contributed by atoms with Crippen LogP contribution in [0.15, 0.2) is 58.1 Å². The summed E-state index contributed by atoms with van der Waals surface area (Å²) < 4.78 is 23.5. The van der Waals surface area contributed by atoms with E-state index in [0.29, 0.717) is 29.2 Å². The molecule has 7 heteroatoms. The van der Waals surface area contributed by atoms with Gasteiger partial charge in [0.25, 0.3) is 0 Å². The fourth-order valence-electron chi connectivity index (χ4n) is 5.32. The van der Waals surface area contributed by atoms with Crippen molar-refractivity contribution in [2.75, 3.05) is 7.11 Å². The molecule has 33 heavy (non-hydrogen) atoms. The van der Waals surface area contributed by atoms with Crippen molar-refractivity contribution in [3.05, 3.63) is 58.1 Å². The number of cyclic esters (lactones) is 1. The maximum Gasteiger partial charge on any atom is 0.315 e. The van der Waals surface area contributed by atoms with E-state index >= 15 is 0 Å². The van der Waals surface area contributed by atoms with Gasteiger partial charge in [0.05, 0.1) is 11.3 Å². The molecule has 0 aromatic carbocycles. The van der Waals surface area contributed by atoms with Gasteiger partial charge in [-0.3, -0.25) is 9.59 Å². The highest BCUT2D eigenvalue weighted by molar-refractivity contribution is 6.45. The number of hydrogen-bond acceptors (Lipinski definition) is 6. The van der Waals surface area contributed by atoms with E-state index in [1.165, 1.54) is 7.11 Å². The van der Waals surface area contributed by atoms with Crippen LogP contribution >= 0.6 is 11.6 Å². The van der Waals surface area contributed by atoms with Crippen molar-refractivity contribution in [2.45, 2.75) is 65.0 Å². The van der Waals surface area contributed by atoms with Crippen LogP contribution in [0.5, 0.6) is 0 Å². The number of hydrogen-bond donors (Lipinski definition) is 0. The molecule has 3 heterocycles. The summed E-state index contributed by atoms with van der Waals surface area (Å²) >= 11 is 6.58. The zero-order chi connectivity index (χ0) is 24.1. The molecule has 3 aliphatic heterocycles. The van der Waals surface area contributed by atoms with Crippen molar-refractivity contribution in [2.24, 2.45) is 17.8 Å². The standard InChI is InChI=1S/C26H31ClO6/c1-7-14(2)10-15(3)8-9-17-11-18-19(13-31-17)20-21-24(29)32-16(4)12-26(21,30-6)33-25(20,5)23(28)22(18)27/h8-11,13-14,16,20-21H,7,12H2,1-6H3/b9-8+,15-10+/t14-,16+,20-,21+,25+,26-/m0/s1. The Bertz CT molecular complexity index is 1030. The lowest BCUT2D eigenvalue weighted by atomic mass is 9.66. The molecule has 0 aromatic heterocycles. The van der Waals surface area contributed by atoms with Crippen molar-refractivity contribution >= 4 is 23.4 Å². The molecule has 6 nitrogen and oxygen atoms in total. The molecule has 2 saturated heterocycles. The molecule has 0 saturated carbocycles. The third kappa shape index (κ3) is 3.82. The third-order valence-corrected chi connectivity index (χ3v) is 7.49. The van der Waals surface area contributed by atoms with Crippen molar-refractivity contribution in [3.63, 3.8) is 0 Å². The zero-order valence-electron chi connectivity index (χ0n) is 19.9. The average molecular weight is 475 g/mol. The number of fused-ring (bicyclic) bond motifs is 5. The molecule has 0 N–H and O–H groups in total. The second-order valence-electron chi connectivity index (χ2n) is 9.56. The van der Waals surface area contributed by atoms with Gasteiger partial charge < -0.3 is 18.9 Å². The predicted molar refractivity (Wildman–Crippen MR) is 124 cm³/mol. The number of ether oxygens (including phenoxy) is 4. The van der Waals surface area contributed by atoms with Gasteiger partial charge in [-0.2, -0.15) is 0 Å². The Labute approximate surface area is 199 Å². The van der Waals surface area contributed by atoms with E-state index < -0.39 is 35.3 Å². The van der Waals surface area contributed by atoms with Crippen molar-refractivity contribution in [1.82, 2.24) is 0 Å². The first-order chi connectivity index (χ1) is 15.6. The summed E-state index contributed by atoms with van der Waals surface area (Å²) in [6, 6.07) is 0. The molecular weight excluding hydrogens is 444 g/mol. The first-order valence-corrected chi connectivity index (χ1v) is 11.8. The Kier molecular flexibility index (Phi) is 6.23. The smallest absolute Gasteiger partial charge is 0.315 e. The number of ketones is 1. The molecule has 2 fully saturated rings. The molecule has 0 radical (unpaired) electrons. The minimum absolute atomic E-state index is 0.0624. The fraction of sp³-hybridized carbons (Fsp3) is 0.538. The van der Waals surface area contributed by atoms with E-state index in [-0.39, 0.29) is 10.8 Å². The van der Waals surface area contributed by atoms with Crippen LogP contribution in [0.4, 0.5) is 0 Å². The largest absolute Gasteiger partial charge is 0.465 e. The van der Waals surface area contributed by atoms with Gasteiger partial charge in [-0.15, -0.1) is 0 Å². The van der Waals surface area contributed by atoms with Crippen LogP contribution in [0.2, 0.25) is 0 Å². The number of methoxy groups -OCH3 is 1. The number of esters is 1. The second kappa shape index (κ2) is 8.57. The Hall–Kier alpha value is -2.15. The minimum atomic E-state index is -1.36. The number of carbonyl (C=O) groups is 2. The van der Waals surface area contributed by atoms with Crippen LogP contribution in [0.1, 0.15) is 47.5 Å². The quantitative estimate of drug-likeness (QED) is 0.407. The second-order valence-corrected chi connectivity index (χ2v) is 9.93. The fourth-order valence-corrected chi connectivity index (χ4v) is 5.67. The highest BCUT2D eigenvalue weighted by Gasteiger charge is 2.71. The molecule has 0 spiro atoms. The van der Waals surface area contributed by atoms with E-state index in [1.807, 2.05) is 19.1 Å². The molecular formula is C26H31ClO6. The van der Waals surface area contributed by atoms with Crippen LogP contribution in [0, 0.1) is 17.8 Å². The third-order valence-electron chi connectivity index (χ3n) is 7.12. The molecule has 4 aliphatic rings. The van der Waals surface area contributed by atoms with E-state index in [1.54, 1.807) is 26.2 Å². The Morgan fingerprint density at radius 3 is 2.76 bits per heavy atom. The summed E-state index contributed by atoms with van der Waals surface area (Å²) in [5, 5.41) is 0.0624. The van der Waals surface area contributed by atoms with Gasteiger partial charge in [-0.05, 0) is 38.8 Å². The maximum absolute atomic E-state index is 13.5. The van der Waals surface area contributed by atoms with E-state index in [9.17, 15) is 9.59 Å². The van der Waals surface area contributed by atoms with Crippen LogP contribution < -0.4 is 0 Å². The number of halogens is 1. The average Bonchev–Trinajstić information content (AvgIpc) is 3.06. The molecule has 4 rings (SSSR count). The first-order valence-electron chi connectivity index (χ1n) is 11.4. The first kappa shape index (κ1) is 24.0. The number of carbonyl (C=O) groups excluding carboxylic acids is 2. The number of rotatable bonds is 5. The van der Waals surface area contributed by atoms with Crippen LogP contribution in [0.3, 0.4) is 0 Å². The number of allylic oxidation sites excluding steroid dienone is 6.